The van der Waals surface area contributed by atoms with E-state index in [4.69, 9.17) is 4.74 Å². The Morgan fingerprint density at radius 1 is 1.24 bits per heavy atom. The van der Waals surface area contributed by atoms with E-state index in [2.05, 4.69) is 21.6 Å². The van der Waals surface area contributed by atoms with Gasteiger partial charge in [0.05, 0.1) is 18.4 Å². The van der Waals surface area contributed by atoms with Crippen LogP contribution in [0.1, 0.15) is 44.6 Å². The number of carbonyl (C=O) groups is 2. The van der Waals surface area contributed by atoms with Crippen molar-refractivity contribution in [2.75, 3.05) is 19.0 Å². The number of ether oxygens (including phenoxy) is 1. The summed E-state index contributed by atoms with van der Waals surface area (Å²) in [4.78, 5) is 27.6. The fraction of sp³-hybridized carbons (Fsp3) is 0.300. The number of benzene rings is 1. The Hall–Kier alpha value is -2.91. The first-order valence-electron chi connectivity index (χ1n) is 9.00. The van der Waals surface area contributed by atoms with Gasteiger partial charge in [0.15, 0.2) is 0 Å². The molecular weight excluding hydrogens is 394 g/mol. The van der Waals surface area contributed by atoms with Gasteiger partial charge in [0.25, 0.3) is 5.91 Å². The lowest BCUT2D eigenvalue weighted by atomic mass is 10.1. The standard InChI is InChI=1S/C20H25N3O5S/c1-5-11-21-29(26,27)12-14-7-9-15(10-8-14)22-19(24)18-13(3)17(20(25)28-4)16(6-2)23-18/h5,7-10,21,23H,1,6,11-12H2,2-4H3,(H,22,24). The third-order valence-electron chi connectivity index (χ3n) is 4.31. The number of hydrogen-bond acceptors (Lipinski definition) is 5. The van der Waals surface area contributed by atoms with Crippen LogP contribution in [0.2, 0.25) is 0 Å². The Morgan fingerprint density at radius 2 is 1.90 bits per heavy atom. The quantitative estimate of drug-likeness (QED) is 0.426. The van der Waals surface area contributed by atoms with E-state index in [1.165, 1.54) is 13.2 Å². The largest absolute Gasteiger partial charge is 0.465 e. The minimum Gasteiger partial charge on any atom is -0.465 e. The highest BCUT2D eigenvalue weighted by Crippen LogP contribution is 2.21. The summed E-state index contributed by atoms with van der Waals surface area (Å²) in [5.41, 5.74) is 2.88. The molecule has 29 heavy (non-hydrogen) atoms. The van der Waals surface area contributed by atoms with Crippen LogP contribution in [0.5, 0.6) is 0 Å². The van der Waals surface area contributed by atoms with E-state index in [0.717, 1.165) is 0 Å². The number of aromatic amines is 1. The normalized spacial score (nSPS) is 11.1. The van der Waals surface area contributed by atoms with Crippen LogP contribution in [0.15, 0.2) is 36.9 Å². The van der Waals surface area contributed by atoms with Crippen LogP contribution in [-0.2, 0) is 26.9 Å². The molecule has 2 aromatic rings. The predicted molar refractivity (Wildman–Crippen MR) is 111 cm³/mol. The van der Waals surface area contributed by atoms with Crippen molar-refractivity contribution in [3.63, 3.8) is 0 Å². The SMILES string of the molecule is C=CCNS(=O)(=O)Cc1ccc(NC(=O)c2[nH]c(CC)c(C(=O)OC)c2C)cc1. The van der Waals surface area contributed by atoms with Crippen LogP contribution in [0.4, 0.5) is 5.69 Å². The van der Waals surface area contributed by atoms with E-state index < -0.39 is 21.9 Å². The highest BCUT2D eigenvalue weighted by molar-refractivity contribution is 7.88. The fourth-order valence-corrected chi connectivity index (χ4v) is 3.97. The fourth-order valence-electron chi connectivity index (χ4n) is 2.86. The third-order valence-corrected chi connectivity index (χ3v) is 5.63. The van der Waals surface area contributed by atoms with Gasteiger partial charge in [-0.3, -0.25) is 4.79 Å². The molecule has 0 saturated heterocycles. The number of rotatable bonds is 9. The summed E-state index contributed by atoms with van der Waals surface area (Å²) in [6.07, 6.45) is 2.01. The van der Waals surface area contributed by atoms with Gasteiger partial charge in [-0.2, -0.15) is 0 Å². The van der Waals surface area contributed by atoms with Crippen LogP contribution < -0.4 is 10.0 Å². The summed E-state index contributed by atoms with van der Waals surface area (Å²) >= 11 is 0. The van der Waals surface area contributed by atoms with E-state index in [0.29, 0.717) is 34.5 Å². The topological polar surface area (TPSA) is 117 Å². The molecule has 0 radical (unpaired) electrons. The molecule has 156 valence electrons. The molecule has 0 aliphatic rings. The molecule has 1 heterocycles. The molecule has 0 spiro atoms. The van der Waals surface area contributed by atoms with Crippen molar-refractivity contribution >= 4 is 27.6 Å². The Morgan fingerprint density at radius 3 is 2.45 bits per heavy atom. The van der Waals surface area contributed by atoms with Crippen LogP contribution in [0.25, 0.3) is 0 Å². The monoisotopic (exact) mass is 419 g/mol. The van der Waals surface area contributed by atoms with E-state index in [1.54, 1.807) is 31.2 Å². The second-order valence-electron chi connectivity index (χ2n) is 6.37. The molecule has 3 N–H and O–H groups in total. The number of methoxy groups -OCH3 is 1. The first-order valence-corrected chi connectivity index (χ1v) is 10.7. The molecule has 1 aromatic carbocycles. The van der Waals surface area contributed by atoms with E-state index in [9.17, 15) is 18.0 Å². The number of esters is 1. The molecule has 9 heteroatoms. The van der Waals surface area contributed by atoms with E-state index in [1.807, 2.05) is 6.92 Å². The molecule has 8 nitrogen and oxygen atoms in total. The number of sulfonamides is 1. The molecular formula is C20H25N3O5S. The maximum atomic E-state index is 12.6. The Balaban J connectivity index is 2.15. The molecule has 0 aliphatic heterocycles. The van der Waals surface area contributed by atoms with Gasteiger partial charge in [0.1, 0.15) is 5.69 Å². The van der Waals surface area contributed by atoms with E-state index >= 15 is 0 Å². The van der Waals surface area contributed by atoms with Crippen LogP contribution in [-0.4, -0.2) is 38.9 Å². The Bertz CT molecular complexity index is 1010. The summed E-state index contributed by atoms with van der Waals surface area (Å²) in [5.74, 6) is -1.07. The highest BCUT2D eigenvalue weighted by atomic mass is 32.2. The Kier molecular flexibility index (Phi) is 7.35. The second kappa shape index (κ2) is 9.53. The third kappa shape index (κ3) is 5.55. The summed E-state index contributed by atoms with van der Waals surface area (Å²) in [6.45, 7) is 7.19. The van der Waals surface area contributed by atoms with Crippen molar-refractivity contribution in [2.45, 2.75) is 26.0 Å². The zero-order valence-corrected chi connectivity index (χ0v) is 17.5. The summed E-state index contributed by atoms with van der Waals surface area (Å²) in [5, 5.41) is 2.74. The molecule has 2 rings (SSSR count). The molecule has 1 aromatic heterocycles. The van der Waals surface area contributed by atoms with Crippen molar-refractivity contribution in [2.24, 2.45) is 0 Å². The predicted octanol–water partition coefficient (Wildman–Crippen LogP) is 2.53. The smallest absolute Gasteiger partial charge is 0.339 e. The first-order chi connectivity index (χ1) is 13.7. The van der Waals surface area contributed by atoms with Crippen molar-refractivity contribution in [1.82, 2.24) is 9.71 Å². The second-order valence-corrected chi connectivity index (χ2v) is 8.18. The van der Waals surface area contributed by atoms with E-state index in [-0.39, 0.29) is 18.0 Å². The highest BCUT2D eigenvalue weighted by Gasteiger charge is 2.23. The lowest BCUT2D eigenvalue weighted by Crippen LogP contribution is -2.25. The van der Waals surface area contributed by atoms with Crippen molar-refractivity contribution < 1.29 is 22.7 Å². The zero-order chi connectivity index (χ0) is 21.6. The summed E-state index contributed by atoms with van der Waals surface area (Å²) in [7, 11) is -2.16. The maximum absolute atomic E-state index is 12.6. The van der Waals surface area contributed by atoms with Crippen molar-refractivity contribution in [3.05, 3.63) is 65.0 Å². The van der Waals surface area contributed by atoms with Gasteiger partial charge in [-0.25, -0.2) is 17.9 Å². The van der Waals surface area contributed by atoms with Crippen LogP contribution >= 0.6 is 0 Å². The number of hydrogen-bond donors (Lipinski definition) is 3. The average molecular weight is 420 g/mol. The van der Waals surface area contributed by atoms with Gasteiger partial charge in [-0.05, 0) is 36.6 Å². The van der Waals surface area contributed by atoms with Gasteiger partial charge < -0.3 is 15.0 Å². The lowest BCUT2D eigenvalue weighted by Gasteiger charge is -2.08. The number of amides is 1. The number of carbonyl (C=O) groups excluding carboxylic acids is 2. The zero-order valence-electron chi connectivity index (χ0n) is 16.7. The first kappa shape index (κ1) is 22.4. The molecule has 0 saturated carbocycles. The molecule has 0 aliphatic carbocycles. The van der Waals surface area contributed by atoms with Gasteiger partial charge in [0, 0.05) is 17.9 Å². The molecule has 0 unspecified atom stereocenters. The maximum Gasteiger partial charge on any atom is 0.339 e. The number of aromatic nitrogens is 1. The van der Waals surface area contributed by atoms with Gasteiger partial charge in [-0.1, -0.05) is 25.1 Å². The lowest BCUT2D eigenvalue weighted by molar-refractivity contribution is 0.0599. The minimum atomic E-state index is -3.45. The van der Waals surface area contributed by atoms with Gasteiger partial charge in [0.2, 0.25) is 10.0 Å². The molecule has 1 amide bonds. The number of anilines is 1. The summed E-state index contributed by atoms with van der Waals surface area (Å²) < 4.78 is 31.0. The van der Waals surface area contributed by atoms with Crippen LogP contribution in [0, 0.1) is 6.92 Å². The van der Waals surface area contributed by atoms with Crippen LogP contribution in [0.3, 0.4) is 0 Å². The van der Waals surface area contributed by atoms with Crippen molar-refractivity contribution in [1.29, 1.82) is 0 Å². The summed E-state index contributed by atoms with van der Waals surface area (Å²) in [6, 6.07) is 6.50. The molecule has 0 bridgehead atoms. The van der Waals surface area contributed by atoms with Crippen molar-refractivity contribution in [3.8, 4) is 0 Å². The molecule has 0 atom stereocenters. The average Bonchev–Trinajstić information content (AvgIpc) is 3.03. The number of aryl methyl sites for hydroxylation is 1. The van der Waals surface area contributed by atoms with Gasteiger partial charge in [-0.15, -0.1) is 6.58 Å². The minimum absolute atomic E-state index is 0.166. The number of nitrogens with one attached hydrogen (secondary N) is 3. The molecule has 0 fully saturated rings. The Labute approximate surface area is 170 Å². The van der Waals surface area contributed by atoms with Gasteiger partial charge >= 0.3 is 5.97 Å². The number of H-pyrrole nitrogens is 1.